The summed E-state index contributed by atoms with van der Waals surface area (Å²) in [4.78, 5) is 27.5. The van der Waals surface area contributed by atoms with Crippen LogP contribution in [0.25, 0.3) is 10.9 Å². The first-order valence-corrected chi connectivity index (χ1v) is 7.92. The van der Waals surface area contributed by atoms with Crippen LogP contribution in [-0.4, -0.2) is 29.6 Å². The lowest BCUT2D eigenvalue weighted by Gasteiger charge is -2.19. The van der Waals surface area contributed by atoms with Gasteiger partial charge in [0, 0.05) is 16.2 Å². The van der Waals surface area contributed by atoms with Crippen molar-refractivity contribution in [2.24, 2.45) is 0 Å². The topological polar surface area (TPSA) is 68.4 Å². The van der Waals surface area contributed by atoms with E-state index in [0.717, 1.165) is 5.56 Å². The molecule has 118 valence electrons. The second-order valence-corrected chi connectivity index (χ2v) is 6.40. The Morgan fingerprint density at radius 3 is 2.45 bits per heavy atom. The van der Waals surface area contributed by atoms with Crippen molar-refractivity contribution in [1.29, 1.82) is 0 Å². The molecule has 1 aromatic carbocycles. The average Bonchev–Trinajstić information content (AvgIpc) is 2.83. The third kappa shape index (κ3) is 3.16. The van der Waals surface area contributed by atoms with Crippen LogP contribution in [0.5, 0.6) is 0 Å². The van der Waals surface area contributed by atoms with Crippen molar-refractivity contribution in [3.05, 3.63) is 35.0 Å². The van der Waals surface area contributed by atoms with E-state index in [-0.39, 0.29) is 11.3 Å². The fourth-order valence-electron chi connectivity index (χ4n) is 2.22. The maximum Gasteiger partial charge on any atom is 0.355 e. The van der Waals surface area contributed by atoms with Gasteiger partial charge in [0.25, 0.3) is 0 Å². The molecule has 1 aromatic heterocycles. The monoisotopic (exact) mass is 367 g/mol. The van der Waals surface area contributed by atoms with Crippen molar-refractivity contribution in [3.8, 4) is 0 Å². The number of hydrogen-bond acceptors (Lipinski definition) is 4. The molecule has 0 amide bonds. The Bertz CT molecular complexity index is 728. The Kier molecular flexibility index (Phi) is 4.60. The normalized spacial score (nSPS) is 11.5. The van der Waals surface area contributed by atoms with Crippen LogP contribution in [0.2, 0.25) is 0 Å². The zero-order chi connectivity index (χ0) is 16.5. The molecule has 0 saturated carbocycles. The summed E-state index contributed by atoms with van der Waals surface area (Å²) in [6.07, 6.45) is 0. The Hall–Kier alpha value is -1.82. The number of benzene rings is 1. The fourth-order valence-corrected chi connectivity index (χ4v) is 2.69. The van der Waals surface area contributed by atoms with Crippen molar-refractivity contribution in [2.45, 2.75) is 31.7 Å². The third-order valence-corrected chi connectivity index (χ3v) is 3.65. The lowest BCUT2D eigenvalue weighted by Crippen LogP contribution is -2.25. The Morgan fingerprint density at radius 2 is 1.91 bits per heavy atom. The lowest BCUT2D eigenvalue weighted by atomic mass is 10.1. The van der Waals surface area contributed by atoms with Crippen molar-refractivity contribution in [3.63, 3.8) is 0 Å². The van der Waals surface area contributed by atoms with Gasteiger partial charge in [0.2, 0.25) is 0 Å². The molecule has 2 aromatic rings. The fraction of sp³-hybridized carbons (Fsp3) is 0.375. The number of carbonyl (C=O) groups excluding carboxylic acids is 2. The summed E-state index contributed by atoms with van der Waals surface area (Å²) in [5.41, 5.74) is 1.26. The van der Waals surface area contributed by atoms with Crippen molar-refractivity contribution in [2.75, 3.05) is 7.11 Å². The number of rotatable bonds is 3. The van der Waals surface area contributed by atoms with Crippen molar-refractivity contribution >= 4 is 38.8 Å². The van der Waals surface area contributed by atoms with Crippen LogP contribution in [0, 0.1) is 0 Å². The van der Waals surface area contributed by atoms with Crippen molar-refractivity contribution in [1.82, 2.24) is 4.98 Å². The standard InChI is InChI=1S/C16H18BrNO4/c1-16(2,3)22-14(19)12-11-9(8-17)6-5-7-10(11)18-13(12)15(20)21-4/h5-7,18H,8H2,1-4H3. The zero-order valence-corrected chi connectivity index (χ0v) is 14.5. The summed E-state index contributed by atoms with van der Waals surface area (Å²) >= 11 is 3.40. The van der Waals surface area contributed by atoms with Gasteiger partial charge >= 0.3 is 11.9 Å². The maximum atomic E-state index is 12.6. The second kappa shape index (κ2) is 6.12. The van der Waals surface area contributed by atoms with E-state index in [9.17, 15) is 9.59 Å². The van der Waals surface area contributed by atoms with Gasteiger partial charge in [-0.1, -0.05) is 28.1 Å². The van der Waals surface area contributed by atoms with E-state index in [1.807, 2.05) is 18.2 Å². The summed E-state index contributed by atoms with van der Waals surface area (Å²) in [5.74, 6) is -1.15. The van der Waals surface area contributed by atoms with Crippen LogP contribution in [0.1, 0.15) is 47.2 Å². The molecule has 0 atom stereocenters. The number of H-pyrrole nitrogens is 1. The molecule has 0 aliphatic carbocycles. The largest absolute Gasteiger partial charge is 0.464 e. The van der Waals surface area contributed by atoms with Gasteiger partial charge in [0.1, 0.15) is 16.9 Å². The summed E-state index contributed by atoms with van der Waals surface area (Å²) in [5, 5.41) is 1.23. The highest BCUT2D eigenvalue weighted by molar-refractivity contribution is 9.08. The second-order valence-electron chi connectivity index (χ2n) is 5.84. The molecule has 22 heavy (non-hydrogen) atoms. The van der Waals surface area contributed by atoms with Gasteiger partial charge in [0.15, 0.2) is 0 Å². The zero-order valence-electron chi connectivity index (χ0n) is 13.0. The van der Waals surface area contributed by atoms with Gasteiger partial charge in [-0.15, -0.1) is 0 Å². The van der Waals surface area contributed by atoms with E-state index < -0.39 is 17.5 Å². The average molecular weight is 368 g/mol. The number of halogens is 1. The predicted molar refractivity (Wildman–Crippen MR) is 87.4 cm³/mol. The molecule has 0 fully saturated rings. The molecule has 5 nitrogen and oxygen atoms in total. The number of nitrogens with one attached hydrogen (secondary N) is 1. The van der Waals surface area contributed by atoms with E-state index in [1.165, 1.54) is 7.11 Å². The quantitative estimate of drug-likeness (QED) is 0.661. The molecule has 1 heterocycles. The van der Waals surface area contributed by atoms with Crippen LogP contribution in [0.3, 0.4) is 0 Å². The molecular weight excluding hydrogens is 350 g/mol. The van der Waals surface area contributed by atoms with E-state index in [1.54, 1.807) is 20.8 Å². The summed E-state index contributed by atoms with van der Waals surface area (Å²) in [7, 11) is 1.28. The number of ether oxygens (including phenoxy) is 2. The molecule has 6 heteroatoms. The van der Waals surface area contributed by atoms with E-state index in [4.69, 9.17) is 9.47 Å². The van der Waals surface area contributed by atoms with Gasteiger partial charge in [0.05, 0.1) is 7.11 Å². The van der Waals surface area contributed by atoms with Gasteiger partial charge in [-0.25, -0.2) is 9.59 Å². The minimum Gasteiger partial charge on any atom is -0.464 e. The molecule has 0 bridgehead atoms. The molecule has 0 spiro atoms. The predicted octanol–water partition coefficient (Wildman–Crippen LogP) is 3.80. The number of esters is 2. The smallest absolute Gasteiger partial charge is 0.355 e. The number of hydrogen-bond donors (Lipinski definition) is 1. The molecular formula is C16H18BrNO4. The molecule has 0 unspecified atom stereocenters. The Labute approximate surface area is 137 Å². The maximum absolute atomic E-state index is 12.6. The molecule has 0 radical (unpaired) electrons. The van der Waals surface area contributed by atoms with Crippen LogP contribution < -0.4 is 0 Å². The molecule has 2 rings (SSSR count). The number of fused-ring (bicyclic) bond motifs is 1. The number of alkyl halides is 1. The van der Waals surface area contributed by atoms with E-state index >= 15 is 0 Å². The van der Waals surface area contributed by atoms with Crippen LogP contribution in [-0.2, 0) is 14.8 Å². The minimum atomic E-state index is -0.655. The van der Waals surface area contributed by atoms with Crippen molar-refractivity contribution < 1.29 is 19.1 Å². The highest BCUT2D eigenvalue weighted by Crippen LogP contribution is 2.29. The Balaban J connectivity index is 2.71. The van der Waals surface area contributed by atoms with Gasteiger partial charge in [-0.05, 0) is 32.4 Å². The van der Waals surface area contributed by atoms with Gasteiger partial charge in [-0.2, -0.15) is 0 Å². The first-order chi connectivity index (χ1) is 10.3. The number of aromatic amines is 1. The van der Waals surface area contributed by atoms with E-state index in [0.29, 0.717) is 16.2 Å². The molecule has 0 aliphatic rings. The molecule has 0 saturated heterocycles. The highest BCUT2D eigenvalue weighted by atomic mass is 79.9. The Morgan fingerprint density at radius 1 is 1.23 bits per heavy atom. The molecule has 1 N–H and O–H groups in total. The van der Waals surface area contributed by atoms with Crippen LogP contribution in [0.4, 0.5) is 0 Å². The van der Waals surface area contributed by atoms with Gasteiger partial charge < -0.3 is 14.5 Å². The van der Waals surface area contributed by atoms with E-state index in [2.05, 4.69) is 20.9 Å². The summed E-state index contributed by atoms with van der Waals surface area (Å²) in [6, 6.07) is 5.55. The minimum absolute atomic E-state index is 0.111. The SMILES string of the molecule is COC(=O)c1[nH]c2cccc(CBr)c2c1C(=O)OC(C)(C)C. The third-order valence-electron chi connectivity index (χ3n) is 3.05. The van der Waals surface area contributed by atoms with Crippen LogP contribution >= 0.6 is 15.9 Å². The highest BCUT2D eigenvalue weighted by Gasteiger charge is 2.29. The molecule has 0 aliphatic heterocycles. The lowest BCUT2D eigenvalue weighted by molar-refractivity contribution is 0.00675. The number of methoxy groups -OCH3 is 1. The van der Waals surface area contributed by atoms with Crippen LogP contribution in [0.15, 0.2) is 18.2 Å². The van der Waals surface area contributed by atoms with Gasteiger partial charge in [-0.3, -0.25) is 0 Å². The number of aromatic nitrogens is 1. The summed E-state index contributed by atoms with van der Waals surface area (Å²) < 4.78 is 10.2. The number of carbonyl (C=O) groups is 2. The summed E-state index contributed by atoms with van der Waals surface area (Å²) in [6.45, 7) is 5.34. The first-order valence-electron chi connectivity index (χ1n) is 6.79. The first kappa shape index (κ1) is 16.5.